The molecule has 1 amide bonds. The minimum absolute atomic E-state index is 0.00329. The molecule has 2 aromatic carbocycles. The Hall–Kier alpha value is -2.80. The van der Waals surface area contributed by atoms with Gasteiger partial charge in [-0.25, -0.2) is 0 Å². The summed E-state index contributed by atoms with van der Waals surface area (Å²) in [6.45, 7) is 6.96. The molecule has 2 aliphatic heterocycles. The lowest BCUT2D eigenvalue weighted by Gasteiger charge is -2.38. The van der Waals surface area contributed by atoms with Gasteiger partial charge in [0.1, 0.15) is 17.1 Å². The summed E-state index contributed by atoms with van der Waals surface area (Å²) in [7, 11) is 1.66. The van der Waals surface area contributed by atoms with Crippen molar-refractivity contribution in [3.63, 3.8) is 0 Å². The molecule has 0 saturated carbocycles. The van der Waals surface area contributed by atoms with Crippen LogP contribution in [0, 0.1) is 6.92 Å². The van der Waals surface area contributed by atoms with Crippen LogP contribution in [0.3, 0.4) is 0 Å². The van der Waals surface area contributed by atoms with Gasteiger partial charge >= 0.3 is 0 Å². The number of methoxy groups -OCH3 is 1. The van der Waals surface area contributed by atoms with E-state index in [1.54, 1.807) is 7.11 Å². The molecule has 1 atom stereocenters. The van der Waals surface area contributed by atoms with Crippen molar-refractivity contribution in [1.29, 1.82) is 0 Å². The Bertz CT molecular complexity index is 1020. The summed E-state index contributed by atoms with van der Waals surface area (Å²) < 4.78 is 11.5. The molecule has 2 N–H and O–H groups in total. The van der Waals surface area contributed by atoms with Crippen molar-refractivity contribution in [1.82, 2.24) is 5.32 Å². The van der Waals surface area contributed by atoms with Crippen LogP contribution in [0.1, 0.15) is 50.3 Å². The maximum absolute atomic E-state index is 12.1. The zero-order chi connectivity index (χ0) is 22.2. The molecule has 2 aromatic rings. The molecule has 31 heavy (non-hydrogen) atoms. The summed E-state index contributed by atoms with van der Waals surface area (Å²) in [5.41, 5.74) is 3.63. The summed E-state index contributed by atoms with van der Waals surface area (Å²) in [5.74, 6) is 1.82. The van der Waals surface area contributed by atoms with E-state index in [1.165, 1.54) is 0 Å². The van der Waals surface area contributed by atoms with E-state index in [1.807, 2.05) is 48.2 Å². The standard InChI is InChI=1S/C24H29N3O3S/c1-15-12-16(7-9-20(15)27-11-5-6-22(27)28)25-23(31)26-19-14-24(2,3)30-21-10-8-17(29-4)13-18(19)21/h7-10,12-13,19H,5-6,11,14H2,1-4H3,(H2,25,26,31)/t19-/m0/s1. The van der Waals surface area contributed by atoms with Gasteiger partial charge in [0.25, 0.3) is 0 Å². The second kappa shape index (κ2) is 8.38. The van der Waals surface area contributed by atoms with Gasteiger partial charge in [-0.2, -0.15) is 0 Å². The maximum Gasteiger partial charge on any atom is 0.227 e. The van der Waals surface area contributed by atoms with Crippen LogP contribution in [0.4, 0.5) is 11.4 Å². The quantitative estimate of drug-likeness (QED) is 0.672. The summed E-state index contributed by atoms with van der Waals surface area (Å²) in [4.78, 5) is 13.9. The largest absolute Gasteiger partial charge is 0.497 e. The van der Waals surface area contributed by atoms with Gasteiger partial charge in [0.15, 0.2) is 5.11 Å². The highest BCUT2D eigenvalue weighted by Crippen LogP contribution is 2.41. The lowest BCUT2D eigenvalue weighted by Crippen LogP contribution is -2.42. The van der Waals surface area contributed by atoms with Crippen molar-refractivity contribution in [2.75, 3.05) is 23.9 Å². The van der Waals surface area contributed by atoms with Gasteiger partial charge in [-0.3, -0.25) is 4.79 Å². The van der Waals surface area contributed by atoms with Crippen LogP contribution in [0.5, 0.6) is 11.5 Å². The predicted octanol–water partition coefficient (Wildman–Crippen LogP) is 4.72. The molecule has 1 saturated heterocycles. The van der Waals surface area contributed by atoms with E-state index in [0.717, 1.165) is 53.4 Å². The Kier molecular flexibility index (Phi) is 5.79. The molecule has 0 radical (unpaired) electrons. The summed E-state index contributed by atoms with van der Waals surface area (Å²) in [5, 5.41) is 7.28. The third kappa shape index (κ3) is 4.61. The molecule has 0 spiro atoms. The Labute approximate surface area is 188 Å². The molecular weight excluding hydrogens is 410 g/mol. The van der Waals surface area contributed by atoms with Gasteiger partial charge in [-0.15, -0.1) is 0 Å². The number of carbonyl (C=O) groups excluding carboxylic acids is 1. The van der Waals surface area contributed by atoms with Crippen LogP contribution in [-0.2, 0) is 4.79 Å². The van der Waals surface area contributed by atoms with Gasteiger partial charge in [-0.05, 0) is 81.4 Å². The number of nitrogens with one attached hydrogen (secondary N) is 2. The number of benzene rings is 2. The molecule has 0 aliphatic carbocycles. The zero-order valence-electron chi connectivity index (χ0n) is 18.5. The summed E-state index contributed by atoms with van der Waals surface area (Å²) in [6.07, 6.45) is 2.31. The highest BCUT2D eigenvalue weighted by molar-refractivity contribution is 7.80. The van der Waals surface area contributed by atoms with E-state index < -0.39 is 0 Å². The fraction of sp³-hybridized carbons (Fsp3) is 0.417. The maximum atomic E-state index is 12.1. The second-order valence-corrected chi connectivity index (χ2v) is 9.18. The normalized spacial score (nSPS) is 19.4. The third-order valence-corrected chi connectivity index (χ3v) is 6.02. The van der Waals surface area contributed by atoms with E-state index in [0.29, 0.717) is 11.5 Å². The first-order chi connectivity index (χ1) is 14.8. The average molecular weight is 440 g/mol. The third-order valence-electron chi connectivity index (χ3n) is 5.80. The minimum Gasteiger partial charge on any atom is -0.497 e. The molecule has 4 rings (SSSR count). The highest BCUT2D eigenvalue weighted by atomic mass is 32.1. The first kappa shape index (κ1) is 21.4. The SMILES string of the molecule is COc1ccc2c(c1)[C@@H](NC(=S)Nc1ccc(N3CCCC3=O)c(C)c1)CC(C)(C)O2. The lowest BCUT2D eigenvalue weighted by molar-refractivity contribution is -0.117. The van der Waals surface area contributed by atoms with Gasteiger partial charge in [0, 0.05) is 36.3 Å². The average Bonchev–Trinajstić information content (AvgIpc) is 3.12. The molecule has 164 valence electrons. The van der Waals surface area contributed by atoms with Gasteiger partial charge in [-0.1, -0.05) is 0 Å². The van der Waals surface area contributed by atoms with Crippen molar-refractivity contribution in [2.45, 2.75) is 51.7 Å². The number of anilines is 2. The molecular formula is C24H29N3O3S. The number of nitrogens with zero attached hydrogens (tertiary/aromatic N) is 1. The molecule has 0 bridgehead atoms. The second-order valence-electron chi connectivity index (χ2n) is 8.77. The van der Waals surface area contributed by atoms with Crippen LogP contribution >= 0.6 is 12.2 Å². The number of fused-ring (bicyclic) bond motifs is 1. The predicted molar refractivity (Wildman–Crippen MR) is 127 cm³/mol. The van der Waals surface area contributed by atoms with Crippen molar-refractivity contribution in [3.05, 3.63) is 47.5 Å². The van der Waals surface area contributed by atoms with Crippen LogP contribution in [0.25, 0.3) is 0 Å². The van der Waals surface area contributed by atoms with E-state index in [-0.39, 0.29) is 17.6 Å². The zero-order valence-corrected chi connectivity index (χ0v) is 19.3. The van der Waals surface area contributed by atoms with Gasteiger partial charge < -0.3 is 25.0 Å². The first-order valence-electron chi connectivity index (χ1n) is 10.6. The fourth-order valence-corrected chi connectivity index (χ4v) is 4.61. The highest BCUT2D eigenvalue weighted by Gasteiger charge is 2.34. The monoisotopic (exact) mass is 439 g/mol. The van der Waals surface area contributed by atoms with Gasteiger partial charge in [0.2, 0.25) is 5.91 Å². The van der Waals surface area contributed by atoms with Crippen LogP contribution in [0.15, 0.2) is 36.4 Å². The number of amides is 1. The number of rotatable bonds is 4. The molecule has 2 heterocycles. The first-order valence-corrected chi connectivity index (χ1v) is 11.0. The number of thiocarbonyl (C=S) groups is 1. The number of aryl methyl sites for hydroxylation is 1. The van der Waals surface area contributed by atoms with Crippen molar-refractivity contribution in [3.8, 4) is 11.5 Å². The van der Waals surface area contributed by atoms with Crippen molar-refractivity contribution >= 4 is 34.6 Å². The molecule has 1 fully saturated rings. The molecule has 2 aliphatic rings. The van der Waals surface area contributed by atoms with Crippen molar-refractivity contribution in [2.24, 2.45) is 0 Å². The number of ether oxygens (including phenoxy) is 2. The molecule has 0 unspecified atom stereocenters. The fourth-order valence-electron chi connectivity index (χ4n) is 4.35. The smallest absolute Gasteiger partial charge is 0.227 e. The number of carbonyl (C=O) groups is 1. The van der Waals surface area contributed by atoms with E-state index in [9.17, 15) is 4.79 Å². The topological polar surface area (TPSA) is 62.8 Å². The number of hydrogen-bond donors (Lipinski definition) is 2. The van der Waals surface area contributed by atoms with E-state index >= 15 is 0 Å². The summed E-state index contributed by atoms with van der Waals surface area (Å²) in [6, 6.07) is 11.8. The summed E-state index contributed by atoms with van der Waals surface area (Å²) >= 11 is 5.63. The minimum atomic E-state index is -0.310. The van der Waals surface area contributed by atoms with Crippen LogP contribution in [0.2, 0.25) is 0 Å². The van der Waals surface area contributed by atoms with E-state index in [2.05, 4.69) is 24.5 Å². The molecule has 7 heteroatoms. The van der Waals surface area contributed by atoms with Gasteiger partial charge in [0.05, 0.1) is 13.2 Å². The van der Waals surface area contributed by atoms with Crippen LogP contribution in [-0.4, -0.2) is 30.3 Å². The van der Waals surface area contributed by atoms with Crippen LogP contribution < -0.4 is 25.0 Å². The Morgan fingerprint density at radius 2 is 2.06 bits per heavy atom. The Morgan fingerprint density at radius 3 is 2.74 bits per heavy atom. The van der Waals surface area contributed by atoms with E-state index in [4.69, 9.17) is 21.7 Å². The molecule has 0 aromatic heterocycles. The van der Waals surface area contributed by atoms with Crippen molar-refractivity contribution < 1.29 is 14.3 Å². The molecule has 6 nitrogen and oxygen atoms in total. The Morgan fingerprint density at radius 1 is 1.26 bits per heavy atom. The number of hydrogen-bond acceptors (Lipinski definition) is 4. The lowest BCUT2D eigenvalue weighted by atomic mass is 9.89. The Balaban J connectivity index is 1.49.